The molecular formula is C21H22ClN3O4. The predicted molar refractivity (Wildman–Crippen MR) is 110 cm³/mol. The third-order valence-corrected chi connectivity index (χ3v) is 5.51. The molecule has 29 heavy (non-hydrogen) atoms. The van der Waals surface area contributed by atoms with Gasteiger partial charge in [-0.2, -0.15) is 5.10 Å². The summed E-state index contributed by atoms with van der Waals surface area (Å²) in [6, 6.07) is 7.64. The van der Waals surface area contributed by atoms with Crippen molar-refractivity contribution in [2.24, 2.45) is 5.92 Å². The normalized spacial score (nSPS) is 17.2. The second-order valence-corrected chi connectivity index (χ2v) is 7.45. The largest absolute Gasteiger partial charge is 0.493 e. The van der Waals surface area contributed by atoms with Crippen LogP contribution < -0.4 is 19.5 Å². The quantitative estimate of drug-likeness (QED) is 0.666. The van der Waals surface area contributed by atoms with Gasteiger partial charge in [-0.05, 0) is 30.7 Å². The number of methoxy groups -OCH3 is 2. The van der Waals surface area contributed by atoms with Crippen LogP contribution in [0, 0.1) is 5.92 Å². The van der Waals surface area contributed by atoms with Gasteiger partial charge < -0.3 is 19.5 Å². The Balaban J connectivity index is 1.74. The van der Waals surface area contributed by atoms with Crippen molar-refractivity contribution >= 4 is 23.0 Å². The Hall–Kier alpha value is -2.93. The number of nitrogens with one attached hydrogen (secondary N) is 1. The highest BCUT2D eigenvalue weighted by Crippen LogP contribution is 2.37. The number of carbonyl (C=O) groups excluding carboxylic acids is 1. The van der Waals surface area contributed by atoms with Gasteiger partial charge in [0, 0.05) is 30.6 Å². The molecule has 1 aliphatic heterocycles. The minimum absolute atomic E-state index is 0.0528. The Morgan fingerprint density at radius 2 is 1.93 bits per heavy atom. The van der Waals surface area contributed by atoms with Gasteiger partial charge in [0.2, 0.25) is 5.91 Å². The first-order valence-electron chi connectivity index (χ1n) is 9.32. The second-order valence-electron chi connectivity index (χ2n) is 7.04. The number of rotatable bonds is 6. The molecular weight excluding hydrogens is 394 g/mol. The summed E-state index contributed by atoms with van der Waals surface area (Å²) in [4.78, 5) is 11.6. The van der Waals surface area contributed by atoms with Gasteiger partial charge in [0.25, 0.3) is 0 Å². The molecule has 4 rings (SSSR count). The zero-order chi connectivity index (χ0) is 20.5. The molecule has 3 aromatic rings. The van der Waals surface area contributed by atoms with Crippen molar-refractivity contribution in [3.05, 3.63) is 41.7 Å². The maximum absolute atomic E-state index is 11.6. The van der Waals surface area contributed by atoms with Crippen molar-refractivity contribution in [1.29, 1.82) is 0 Å². The first-order chi connectivity index (χ1) is 14.0. The molecule has 2 unspecified atom stereocenters. The van der Waals surface area contributed by atoms with E-state index in [9.17, 15) is 4.79 Å². The van der Waals surface area contributed by atoms with Crippen molar-refractivity contribution in [1.82, 2.24) is 14.9 Å². The number of hydrogen-bond acceptors (Lipinski definition) is 5. The van der Waals surface area contributed by atoms with Crippen molar-refractivity contribution in [2.45, 2.75) is 19.4 Å². The Bertz CT molecular complexity index is 1070. The van der Waals surface area contributed by atoms with E-state index in [0.717, 1.165) is 11.1 Å². The van der Waals surface area contributed by atoms with Gasteiger partial charge in [-0.15, -0.1) is 0 Å². The lowest BCUT2D eigenvalue weighted by molar-refractivity contribution is -0.119. The van der Waals surface area contributed by atoms with Crippen molar-refractivity contribution in [3.8, 4) is 28.4 Å². The molecule has 1 aromatic carbocycles. The van der Waals surface area contributed by atoms with Gasteiger partial charge >= 0.3 is 0 Å². The molecule has 2 atom stereocenters. The van der Waals surface area contributed by atoms with E-state index in [1.54, 1.807) is 24.9 Å². The highest BCUT2D eigenvalue weighted by molar-refractivity contribution is 6.34. The highest BCUT2D eigenvalue weighted by atomic mass is 35.5. The number of ether oxygens (including phenoxy) is 3. The maximum atomic E-state index is 11.6. The molecule has 0 aliphatic carbocycles. The van der Waals surface area contributed by atoms with E-state index in [2.05, 4.69) is 10.4 Å². The van der Waals surface area contributed by atoms with Crippen LogP contribution in [-0.4, -0.2) is 42.4 Å². The topological polar surface area (TPSA) is 74.1 Å². The lowest BCUT2D eigenvalue weighted by Gasteiger charge is -2.21. The number of carbonyl (C=O) groups is 1. The van der Waals surface area contributed by atoms with Crippen molar-refractivity contribution in [2.75, 3.05) is 20.8 Å². The summed E-state index contributed by atoms with van der Waals surface area (Å²) in [7, 11) is 3.20. The molecule has 1 amide bonds. The van der Waals surface area contributed by atoms with Crippen LogP contribution in [0.2, 0.25) is 5.02 Å². The summed E-state index contributed by atoms with van der Waals surface area (Å²) in [6.45, 7) is 2.58. The Kier molecular flexibility index (Phi) is 5.24. The summed E-state index contributed by atoms with van der Waals surface area (Å²) in [5.41, 5.74) is 2.51. The molecule has 0 bridgehead atoms. The Morgan fingerprint density at radius 1 is 1.17 bits per heavy atom. The van der Waals surface area contributed by atoms with Crippen LogP contribution in [0.1, 0.15) is 13.3 Å². The number of hydrogen-bond donors (Lipinski definition) is 1. The molecule has 0 radical (unpaired) electrons. The number of benzene rings is 1. The van der Waals surface area contributed by atoms with Crippen LogP contribution >= 0.6 is 11.6 Å². The Morgan fingerprint density at radius 3 is 2.62 bits per heavy atom. The van der Waals surface area contributed by atoms with Gasteiger partial charge in [0.1, 0.15) is 17.4 Å². The smallest absolute Gasteiger partial charge is 0.220 e. The van der Waals surface area contributed by atoms with Gasteiger partial charge in [0.15, 0.2) is 11.5 Å². The molecule has 3 heterocycles. The number of halogens is 1. The average Bonchev–Trinajstić information content (AvgIpc) is 3.33. The van der Waals surface area contributed by atoms with Gasteiger partial charge in [0.05, 0.1) is 25.4 Å². The van der Waals surface area contributed by atoms with Crippen LogP contribution in [0.25, 0.3) is 16.6 Å². The third kappa shape index (κ3) is 3.70. The fourth-order valence-electron chi connectivity index (χ4n) is 3.57. The minimum atomic E-state index is -0.163. The zero-order valence-electron chi connectivity index (χ0n) is 16.4. The fourth-order valence-corrected chi connectivity index (χ4v) is 3.79. The van der Waals surface area contributed by atoms with Crippen LogP contribution in [0.5, 0.6) is 17.2 Å². The lowest BCUT2D eigenvalue weighted by Crippen LogP contribution is -2.25. The van der Waals surface area contributed by atoms with E-state index in [1.807, 2.05) is 37.4 Å². The number of fused-ring (bicyclic) bond motifs is 1. The summed E-state index contributed by atoms with van der Waals surface area (Å²) in [5, 5.41) is 7.70. The second kappa shape index (κ2) is 7.83. The van der Waals surface area contributed by atoms with Crippen molar-refractivity contribution in [3.63, 3.8) is 0 Å². The fraction of sp³-hybridized carbons (Fsp3) is 0.333. The number of amides is 1. The van der Waals surface area contributed by atoms with Crippen LogP contribution in [0.3, 0.4) is 0 Å². The maximum Gasteiger partial charge on any atom is 0.220 e. The monoisotopic (exact) mass is 415 g/mol. The van der Waals surface area contributed by atoms with E-state index < -0.39 is 0 Å². The summed E-state index contributed by atoms with van der Waals surface area (Å²) in [5.74, 6) is 2.07. The van der Waals surface area contributed by atoms with E-state index in [0.29, 0.717) is 40.8 Å². The standard InChI is InChI=1S/C21H22ClN3O4/c1-12(14-8-20(26)23-9-14)29-19-7-15(11-25-21(19)16(22)10-24-25)13-4-5-17(27-2)18(6-13)28-3/h4-7,10-12,14H,8-9H2,1-3H3,(H,23,26). The van der Waals surface area contributed by atoms with E-state index in [1.165, 1.54) is 0 Å². The number of nitrogens with zero attached hydrogens (tertiary/aromatic N) is 2. The van der Waals surface area contributed by atoms with Gasteiger partial charge in [-0.3, -0.25) is 4.79 Å². The Labute approximate surface area is 173 Å². The third-order valence-electron chi connectivity index (χ3n) is 5.23. The average molecular weight is 416 g/mol. The highest BCUT2D eigenvalue weighted by Gasteiger charge is 2.28. The zero-order valence-corrected chi connectivity index (χ0v) is 17.2. The SMILES string of the molecule is COc1ccc(-c2cc(OC(C)C3CNC(=O)C3)c3c(Cl)cnn3c2)cc1OC. The molecule has 1 aliphatic rings. The van der Waals surface area contributed by atoms with Gasteiger partial charge in [-0.1, -0.05) is 17.7 Å². The van der Waals surface area contributed by atoms with Crippen LogP contribution in [0.15, 0.2) is 36.7 Å². The first kappa shape index (κ1) is 19.4. The van der Waals surface area contributed by atoms with E-state index in [-0.39, 0.29) is 17.9 Å². The molecule has 2 aromatic heterocycles. The molecule has 1 N–H and O–H groups in total. The molecule has 8 heteroatoms. The van der Waals surface area contributed by atoms with Crippen LogP contribution in [-0.2, 0) is 4.79 Å². The molecule has 152 valence electrons. The van der Waals surface area contributed by atoms with E-state index in [4.69, 9.17) is 25.8 Å². The summed E-state index contributed by atoms with van der Waals surface area (Å²) < 4.78 is 18.7. The molecule has 1 fully saturated rings. The molecule has 1 saturated heterocycles. The molecule has 0 spiro atoms. The lowest BCUT2D eigenvalue weighted by atomic mass is 10.0. The van der Waals surface area contributed by atoms with E-state index >= 15 is 0 Å². The first-order valence-corrected chi connectivity index (χ1v) is 9.70. The predicted octanol–water partition coefficient (Wildman–Crippen LogP) is 3.58. The molecule has 0 saturated carbocycles. The number of pyridine rings is 1. The minimum Gasteiger partial charge on any atom is -0.493 e. The molecule has 7 nitrogen and oxygen atoms in total. The van der Waals surface area contributed by atoms with Crippen LogP contribution in [0.4, 0.5) is 0 Å². The summed E-state index contributed by atoms with van der Waals surface area (Å²) in [6.07, 6.45) is 3.78. The summed E-state index contributed by atoms with van der Waals surface area (Å²) >= 11 is 6.36. The van der Waals surface area contributed by atoms with Crippen molar-refractivity contribution < 1.29 is 19.0 Å². The number of aromatic nitrogens is 2. The van der Waals surface area contributed by atoms with Gasteiger partial charge in [-0.25, -0.2) is 4.52 Å².